The monoisotopic (exact) mass is 193 g/mol. The lowest BCUT2D eigenvalue weighted by atomic mass is 9.60. The second kappa shape index (κ2) is 2.83. The highest BCUT2D eigenvalue weighted by atomic mass is 16.5. The summed E-state index contributed by atoms with van der Waals surface area (Å²) in [6, 6.07) is 0. The van der Waals surface area contributed by atoms with Crippen molar-refractivity contribution in [3.63, 3.8) is 0 Å². The molecule has 1 saturated carbocycles. The van der Waals surface area contributed by atoms with Crippen molar-refractivity contribution >= 4 is 5.91 Å². The maximum atomic E-state index is 11.4. The summed E-state index contributed by atoms with van der Waals surface area (Å²) in [6.45, 7) is 7.23. The molecule has 0 radical (unpaired) electrons. The van der Waals surface area contributed by atoms with Gasteiger partial charge < -0.3 is 9.64 Å². The summed E-state index contributed by atoms with van der Waals surface area (Å²) in [4.78, 5) is 13.4. The first-order chi connectivity index (χ1) is 6.81. The van der Waals surface area contributed by atoms with Gasteiger partial charge in [0.15, 0.2) is 0 Å². The highest BCUT2D eigenvalue weighted by molar-refractivity contribution is 5.87. The maximum Gasteiger partial charge on any atom is 0.245 e. The molecule has 4 atom stereocenters. The molecule has 0 aromatic carbocycles. The molecule has 3 fully saturated rings. The predicted molar refractivity (Wildman–Crippen MR) is 51.6 cm³/mol. The van der Waals surface area contributed by atoms with Crippen LogP contribution in [0.4, 0.5) is 0 Å². The van der Waals surface area contributed by atoms with Crippen LogP contribution in [-0.2, 0) is 9.53 Å². The molecule has 3 rings (SSSR count). The molecule has 0 spiro atoms. The molecule has 14 heavy (non-hydrogen) atoms. The van der Waals surface area contributed by atoms with Gasteiger partial charge in [0.2, 0.25) is 5.91 Å². The number of likely N-dealkylation sites (tertiary alicyclic amines) is 1. The van der Waals surface area contributed by atoms with E-state index in [1.165, 1.54) is 6.08 Å². The lowest BCUT2D eigenvalue weighted by Gasteiger charge is -2.42. The van der Waals surface area contributed by atoms with Crippen LogP contribution in [-0.4, -0.2) is 37.1 Å². The van der Waals surface area contributed by atoms with E-state index in [1.54, 1.807) is 0 Å². The van der Waals surface area contributed by atoms with Crippen molar-refractivity contribution in [2.75, 3.05) is 26.3 Å². The van der Waals surface area contributed by atoms with Crippen molar-refractivity contribution < 1.29 is 9.53 Å². The number of hydrogen-bond donors (Lipinski definition) is 0. The van der Waals surface area contributed by atoms with Crippen LogP contribution < -0.4 is 0 Å². The first-order valence-electron chi connectivity index (χ1n) is 5.30. The minimum absolute atomic E-state index is 0.0957. The van der Waals surface area contributed by atoms with Crippen LogP contribution in [0.25, 0.3) is 0 Å². The fourth-order valence-electron chi connectivity index (χ4n) is 3.39. The van der Waals surface area contributed by atoms with E-state index >= 15 is 0 Å². The average molecular weight is 193 g/mol. The molecular weight excluding hydrogens is 178 g/mol. The number of fused-ring (bicyclic) bond motifs is 4. The van der Waals surface area contributed by atoms with E-state index in [9.17, 15) is 4.79 Å². The average Bonchev–Trinajstić information content (AvgIpc) is 2.74. The molecule has 1 aliphatic carbocycles. The lowest BCUT2D eigenvalue weighted by Crippen LogP contribution is -2.44. The zero-order valence-corrected chi connectivity index (χ0v) is 8.19. The van der Waals surface area contributed by atoms with Crippen molar-refractivity contribution in [2.24, 2.45) is 23.7 Å². The summed E-state index contributed by atoms with van der Waals surface area (Å²) in [6.07, 6.45) is 1.43. The van der Waals surface area contributed by atoms with Crippen molar-refractivity contribution in [1.29, 1.82) is 0 Å². The predicted octanol–water partition coefficient (Wildman–Crippen LogP) is 0.523. The zero-order valence-electron chi connectivity index (χ0n) is 8.19. The maximum absolute atomic E-state index is 11.4. The van der Waals surface area contributed by atoms with Gasteiger partial charge in [-0.25, -0.2) is 0 Å². The highest BCUT2D eigenvalue weighted by Gasteiger charge is 2.57. The van der Waals surface area contributed by atoms with Crippen molar-refractivity contribution in [2.45, 2.75) is 0 Å². The van der Waals surface area contributed by atoms with Crippen LogP contribution in [0.1, 0.15) is 0 Å². The van der Waals surface area contributed by atoms with Gasteiger partial charge in [0.1, 0.15) is 0 Å². The minimum atomic E-state index is 0.0957. The van der Waals surface area contributed by atoms with E-state index in [2.05, 4.69) is 6.58 Å². The quantitative estimate of drug-likeness (QED) is 0.568. The number of rotatable bonds is 1. The SMILES string of the molecule is C=CC(=O)N1CC2C3COCC3C2C1. The first kappa shape index (κ1) is 8.48. The van der Waals surface area contributed by atoms with Crippen LogP contribution in [0, 0.1) is 23.7 Å². The van der Waals surface area contributed by atoms with Gasteiger partial charge in [-0.1, -0.05) is 6.58 Å². The summed E-state index contributed by atoms with van der Waals surface area (Å²) in [7, 11) is 0. The molecule has 3 aliphatic rings. The number of ether oxygens (including phenoxy) is 1. The van der Waals surface area contributed by atoms with E-state index in [0.717, 1.165) is 38.1 Å². The van der Waals surface area contributed by atoms with Crippen molar-refractivity contribution in [3.05, 3.63) is 12.7 Å². The number of nitrogens with zero attached hydrogens (tertiary/aromatic N) is 1. The molecule has 0 N–H and O–H groups in total. The van der Waals surface area contributed by atoms with Gasteiger partial charge in [-0.3, -0.25) is 4.79 Å². The summed E-state index contributed by atoms with van der Waals surface area (Å²) in [5.74, 6) is 3.00. The van der Waals surface area contributed by atoms with Crippen LogP contribution in [0.3, 0.4) is 0 Å². The third-order valence-electron chi connectivity index (χ3n) is 4.17. The van der Waals surface area contributed by atoms with Gasteiger partial charge in [0.25, 0.3) is 0 Å². The zero-order chi connectivity index (χ0) is 9.71. The van der Waals surface area contributed by atoms with Crippen molar-refractivity contribution in [3.8, 4) is 0 Å². The smallest absolute Gasteiger partial charge is 0.245 e. The Morgan fingerprint density at radius 3 is 2.29 bits per heavy atom. The third kappa shape index (κ3) is 0.934. The number of amides is 1. The Bertz CT molecular complexity index is 271. The largest absolute Gasteiger partial charge is 0.381 e. The third-order valence-corrected chi connectivity index (χ3v) is 4.17. The van der Waals surface area contributed by atoms with Gasteiger partial charge in [-0.05, 0) is 29.7 Å². The number of carbonyl (C=O) groups excluding carboxylic acids is 1. The molecule has 4 unspecified atom stereocenters. The Morgan fingerprint density at radius 2 is 1.79 bits per heavy atom. The number of carbonyl (C=O) groups is 1. The number of hydrogen-bond acceptors (Lipinski definition) is 2. The molecule has 0 bridgehead atoms. The lowest BCUT2D eigenvalue weighted by molar-refractivity contribution is -0.125. The van der Waals surface area contributed by atoms with E-state index < -0.39 is 0 Å². The van der Waals surface area contributed by atoms with E-state index in [1.807, 2.05) is 4.90 Å². The van der Waals surface area contributed by atoms with Crippen LogP contribution >= 0.6 is 0 Å². The Morgan fingerprint density at radius 1 is 1.21 bits per heavy atom. The Hall–Kier alpha value is -0.830. The van der Waals surface area contributed by atoms with Crippen molar-refractivity contribution in [1.82, 2.24) is 4.90 Å². The van der Waals surface area contributed by atoms with E-state index in [0.29, 0.717) is 11.8 Å². The second-order valence-corrected chi connectivity index (χ2v) is 4.64. The molecule has 3 nitrogen and oxygen atoms in total. The molecule has 2 saturated heterocycles. The normalized spacial score (nSPS) is 44.1. The molecule has 76 valence electrons. The highest BCUT2D eigenvalue weighted by Crippen LogP contribution is 2.53. The van der Waals surface area contributed by atoms with Gasteiger partial charge in [-0.2, -0.15) is 0 Å². The fourth-order valence-corrected chi connectivity index (χ4v) is 3.39. The first-order valence-corrected chi connectivity index (χ1v) is 5.30. The Balaban J connectivity index is 1.71. The standard InChI is InChI=1S/C11H15NO2/c1-2-11(13)12-3-7-8(4-12)10-6-14-5-9(7)10/h2,7-10H,1,3-6H2. The van der Waals surface area contributed by atoms with Gasteiger partial charge >= 0.3 is 0 Å². The fraction of sp³-hybridized carbons (Fsp3) is 0.727. The molecule has 1 amide bonds. The summed E-state index contributed by atoms with van der Waals surface area (Å²) < 4.78 is 5.47. The Labute approximate surface area is 83.7 Å². The van der Waals surface area contributed by atoms with Crippen LogP contribution in [0.2, 0.25) is 0 Å². The summed E-state index contributed by atoms with van der Waals surface area (Å²) in [5, 5.41) is 0. The van der Waals surface area contributed by atoms with Crippen LogP contribution in [0.5, 0.6) is 0 Å². The summed E-state index contributed by atoms with van der Waals surface area (Å²) in [5.41, 5.74) is 0. The minimum Gasteiger partial charge on any atom is -0.381 e. The summed E-state index contributed by atoms with van der Waals surface area (Å²) >= 11 is 0. The molecule has 2 heterocycles. The molecule has 0 aromatic rings. The molecule has 0 aromatic heterocycles. The van der Waals surface area contributed by atoms with Gasteiger partial charge in [0, 0.05) is 13.1 Å². The van der Waals surface area contributed by atoms with Gasteiger partial charge in [-0.15, -0.1) is 0 Å². The molecule has 2 aliphatic heterocycles. The van der Waals surface area contributed by atoms with Crippen LogP contribution in [0.15, 0.2) is 12.7 Å². The topological polar surface area (TPSA) is 29.5 Å². The van der Waals surface area contributed by atoms with E-state index in [-0.39, 0.29) is 5.91 Å². The molecule has 3 heteroatoms. The van der Waals surface area contributed by atoms with Gasteiger partial charge in [0.05, 0.1) is 13.2 Å². The second-order valence-electron chi connectivity index (χ2n) is 4.64. The molecular formula is C11H15NO2. The van der Waals surface area contributed by atoms with E-state index in [4.69, 9.17) is 4.74 Å². The Kier molecular flexibility index (Phi) is 1.71.